The molecule has 0 atom stereocenters. The molecule has 1 saturated heterocycles. The second kappa shape index (κ2) is 4.85. The monoisotopic (exact) mass is 238 g/mol. The van der Waals surface area contributed by atoms with E-state index in [0.717, 1.165) is 5.69 Å². The van der Waals surface area contributed by atoms with Crippen molar-refractivity contribution in [3.8, 4) is 0 Å². The molecule has 0 radical (unpaired) electrons. The van der Waals surface area contributed by atoms with Gasteiger partial charge in [0.1, 0.15) is 5.82 Å². The Hall–Kier alpha value is -1.40. The number of anilines is 2. The van der Waals surface area contributed by atoms with Gasteiger partial charge in [-0.3, -0.25) is 0 Å². The average molecular weight is 238 g/mol. The van der Waals surface area contributed by atoms with Crippen LogP contribution in [0.2, 0.25) is 0 Å². The van der Waals surface area contributed by atoms with Gasteiger partial charge in [-0.1, -0.05) is 0 Å². The van der Waals surface area contributed by atoms with Crippen LogP contribution in [-0.2, 0) is 4.74 Å². The molecular weight excluding hydrogens is 220 g/mol. The van der Waals surface area contributed by atoms with Gasteiger partial charge in [0.25, 0.3) is 0 Å². The van der Waals surface area contributed by atoms with Crippen molar-refractivity contribution in [2.75, 3.05) is 30.8 Å². The van der Waals surface area contributed by atoms with E-state index in [2.05, 4.69) is 15.3 Å². The zero-order valence-electron chi connectivity index (χ0n) is 9.94. The average Bonchev–Trinajstić information content (AvgIpc) is 2.26. The van der Waals surface area contributed by atoms with Crippen LogP contribution in [0.4, 0.5) is 11.8 Å². The summed E-state index contributed by atoms with van der Waals surface area (Å²) in [4.78, 5) is 8.05. The molecule has 1 aliphatic rings. The van der Waals surface area contributed by atoms with Crippen molar-refractivity contribution in [3.05, 3.63) is 11.8 Å². The summed E-state index contributed by atoms with van der Waals surface area (Å²) in [7, 11) is 0. The summed E-state index contributed by atoms with van der Waals surface area (Å²) in [5.74, 6) is 0.890. The number of aromatic nitrogens is 2. The van der Waals surface area contributed by atoms with Crippen molar-refractivity contribution < 1.29 is 9.84 Å². The minimum Gasteiger partial charge on any atom is -0.388 e. The molecule has 1 aromatic heterocycles. The summed E-state index contributed by atoms with van der Waals surface area (Å²) in [5.41, 5.74) is 5.64. The van der Waals surface area contributed by atoms with Gasteiger partial charge in [0, 0.05) is 44.4 Å². The van der Waals surface area contributed by atoms with E-state index in [1.807, 2.05) is 6.92 Å². The highest BCUT2D eigenvalue weighted by atomic mass is 16.5. The van der Waals surface area contributed by atoms with Gasteiger partial charge < -0.3 is 20.9 Å². The first-order chi connectivity index (χ1) is 8.07. The lowest BCUT2D eigenvalue weighted by atomic mass is 9.94. The molecule has 0 saturated carbocycles. The molecule has 2 heterocycles. The van der Waals surface area contributed by atoms with E-state index >= 15 is 0 Å². The van der Waals surface area contributed by atoms with Crippen molar-refractivity contribution in [3.63, 3.8) is 0 Å². The van der Waals surface area contributed by atoms with Crippen molar-refractivity contribution >= 4 is 11.8 Å². The predicted octanol–water partition coefficient (Wildman–Crippen LogP) is 0.321. The lowest BCUT2D eigenvalue weighted by Crippen LogP contribution is -2.42. The molecule has 1 aliphatic heterocycles. The third-order valence-electron chi connectivity index (χ3n) is 2.89. The van der Waals surface area contributed by atoms with Crippen LogP contribution in [0.15, 0.2) is 6.07 Å². The largest absolute Gasteiger partial charge is 0.388 e. The first kappa shape index (κ1) is 12.1. The molecule has 0 amide bonds. The van der Waals surface area contributed by atoms with Crippen LogP contribution in [-0.4, -0.2) is 40.4 Å². The molecule has 6 nitrogen and oxygen atoms in total. The van der Waals surface area contributed by atoms with Crippen molar-refractivity contribution in [1.29, 1.82) is 0 Å². The first-order valence-electron chi connectivity index (χ1n) is 5.73. The van der Waals surface area contributed by atoms with Crippen LogP contribution in [0.3, 0.4) is 0 Å². The molecule has 2 rings (SSSR count). The van der Waals surface area contributed by atoms with Crippen molar-refractivity contribution in [1.82, 2.24) is 9.97 Å². The Labute approximate surface area is 100 Å². The molecular formula is C11H18N4O2. The van der Waals surface area contributed by atoms with E-state index in [-0.39, 0.29) is 5.95 Å². The van der Waals surface area contributed by atoms with Crippen LogP contribution in [0.5, 0.6) is 0 Å². The zero-order valence-corrected chi connectivity index (χ0v) is 9.94. The number of nitrogens with two attached hydrogens (primary N) is 1. The van der Waals surface area contributed by atoms with Crippen molar-refractivity contribution in [2.45, 2.75) is 25.4 Å². The number of nitrogens with zero attached hydrogens (tertiary/aromatic N) is 2. The summed E-state index contributed by atoms with van der Waals surface area (Å²) in [6.45, 7) is 3.50. The maximum Gasteiger partial charge on any atom is 0.222 e. The number of hydrogen-bond donors (Lipinski definition) is 3. The van der Waals surface area contributed by atoms with E-state index in [4.69, 9.17) is 10.5 Å². The van der Waals surface area contributed by atoms with Crippen LogP contribution in [0.25, 0.3) is 0 Å². The molecule has 0 unspecified atom stereocenters. The molecule has 6 heteroatoms. The Bertz CT molecular complexity index is 371. The summed E-state index contributed by atoms with van der Waals surface area (Å²) in [6, 6.07) is 1.80. The minimum atomic E-state index is -0.716. The first-order valence-corrected chi connectivity index (χ1v) is 5.73. The fourth-order valence-corrected chi connectivity index (χ4v) is 1.87. The Balaban J connectivity index is 1.96. The SMILES string of the molecule is Cc1cc(NCC2(O)CCOCC2)nc(N)n1. The predicted molar refractivity (Wildman–Crippen MR) is 64.7 cm³/mol. The molecule has 0 spiro atoms. The van der Waals surface area contributed by atoms with Gasteiger partial charge in [0.05, 0.1) is 5.60 Å². The fraction of sp³-hybridized carbons (Fsp3) is 0.636. The van der Waals surface area contributed by atoms with Crippen molar-refractivity contribution in [2.24, 2.45) is 0 Å². The maximum atomic E-state index is 10.3. The smallest absolute Gasteiger partial charge is 0.222 e. The van der Waals surface area contributed by atoms with Gasteiger partial charge in [-0.2, -0.15) is 4.98 Å². The molecule has 0 aliphatic carbocycles. The lowest BCUT2D eigenvalue weighted by Gasteiger charge is -2.32. The van der Waals surface area contributed by atoms with Crippen LogP contribution in [0, 0.1) is 6.92 Å². The molecule has 1 aromatic rings. The number of hydrogen-bond acceptors (Lipinski definition) is 6. The van der Waals surface area contributed by atoms with Gasteiger partial charge in [0.15, 0.2) is 0 Å². The quantitative estimate of drug-likeness (QED) is 0.702. The Morgan fingerprint density at radius 3 is 2.82 bits per heavy atom. The minimum absolute atomic E-state index is 0.242. The normalized spacial score (nSPS) is 18.9. The Morgan fingerprint density at radius 2 is 2.18 bits per heavy atom. The second-order valence-electron chi connectivity index (χ2n) is 4.44. The molecule has 17 heavy (non-hydrogen) atoms. The molecule has 0 bridgehead atoms. The highest BCUT2D eigenvalue weighted by molar-refractivity contribution is 5.40. The zero-order chi connectivity index (χ0) is 12.3. The molecule has 1 fully saturated rings. The molecule has 0 aromatic carbocycles. The number of ether oxygens (including phenoxy) is 1. The van der Waals surface area contributed by atoms with Crippen LogP contribution < -0.4 is 11.1 Å². The summed E-state index contributed by atoms with van der Waals surface area (Å²) in [5, 5.41) is 13.4. The topological polar surface area (TPSA) is 93.3 Å². The summed E-state index contributed by atoms with van der Waals surface area (Å²) >= 11 is 0. The summed E-state index contributed by atoms with van der Waals surface area (Å²) < 4.78 is 5.22. The van der Waals surface area contributed by atoms with Crippen LogP contribution >= 0.6 is 0 Å². The van der Waals surface area contributed by atoms with E-state index in [0.29, 0.717) is 38.4 Å². The molecule has 4 N–H and O–H groups in total. The van der Waals surface area contributed by atoms with Gasteiger partial charge >= 0.3 is 0 Å². The van der Waals surface area contributed by atoms with Gasteiger partial charge in [0.2, 0.25) is 5.95 Å². The van der Waals surface area contributed by atoms with Crippen LogP contribution in [0.1, 0.15) is 18.5 Å². The third kappa shape index (κ3) is 3.28. The number of nitrogen functional groups attached to an aromatic ring is 1. The number of aliphatic hydroxyl groups is 1. The van der Waals surface area contributed by atoms with E-state index in [9.17, 15) is 5.11 Å². The summed E-state index contributed by atoms with van der Waals surface area (Å²) in [6.07, 6.45) is 1.28. The number of nitrogens with one attached hydrogen (secondary N) is 1. The highest BCUT2D eigenvalue weighted by Crippen LogP contribution is 2.21. The highest BCUT2D eigenvalue weighted by Gasteiger charge is 2.29. The number of rotatable bonds is 3. The van der Waals surface area contributed by atoms with Gasteiger partial charge in [-0.05, 0) is 6.92 Å². The maximum absolute atomic E-state index is 10.3. The van der Waals surface area contributed by atoms with E-state index in [1.165, 1.54) is 0 Å². The Morgan fingerprint density at radius 1 is 1.47 bits per heavy atom. The fourth-order valence-electron chi connectivity index (χ4n) is 1.87. The van der Waals surface area contributed by atoms with E-state index < -0.39 is 5.60 Å². The second-order valence-corrected chi connectivity index (χ2v) is 4.44. The lowest BCUT2D eigenvalue weighted by molar-refractivity contribution is -0.0543. The molecule has 94 valence electrons. The van der Waals surface area contributed by atoms with E-state index in [1.54, 1.807) is 6.07 Å². The van der Waals surface area contributed by atoms with Gasteiger partial charge in [-0.25, -0.2) is 4.98 Å². The number of aryl methyl sites for hydroxylation is 1. The standard InChI is InChI=1S/C11H18N4O2/c1-8-6-9(15-10(12)14-8)13-7-11(16)2-4-17-5-3-11/h6,16H,2-5,7H2,1H3,(H3,12,13,14,15). The van der Waals surface area contributed by atoms with Gasteiger partial charge in [-0.15, -0.1) is 0 Å². The Kier molecular flexibility index (Phi) is 3.44. The third-order valence-corrected chi connectivity index (χ3v) is 2.89.